The molecule has 0 aliphatic rings. The van der Waals surface area contributed by atoms with Crippen molar-refractivity contribution in [3.05, 3.63) is 91.0 Å². The van der Waals surface area contributed by atoms with Crippen LogP contribution in [0, 0.1) is 0 Å². The molecular formula is C30H31N2NaO3. The number of unbranched alkanes of at least 4 members (excludes halogenated alkanes) is 5. The molecule has 4 aromatic rings. The van der Waals surface area contributed by atoms with Crippen molar-refractivity contribution in [3.8, 4) is 34.2 Å². The number of carboxylic acids is 1. The maximum Gasteiger partial charge on any atom is 1.00 e. The fourth-order valence-corrected chi connectivity index (χ4v) is 4.21. The van der Waals surface area contributed by atoms with Crippen molar-refractivity contribution < 1.29 is 44.2 Å². The van der Waals surface area contributed by atoms with Crippen LogP contribution in [-0.4, -0.2) is 22.1 Å². The van der Waals surface area contributed by atoms with Crippen LogP contribution in [0.15, 0.2) is 91.0 Å². The zero-order valence-electron chi connectivity index (χ0n) is 20.9. The third-order valence-electron chi connectivity index (χ3n) is 5.96. The van der Waals surface area contributed by atoms with E-state index in [1.165, 1.54) is 0 Å². The van der Waals surface area contributed by atoms with Gasteiger partial charge in [-0.1, -0.05) is 105 Å². The van der Waals surface area contributed by atoms with Gasteiger partial charge in [0.25, 0.3) is 0 Å². The molecule has 180 valence electrons. The minimum absolute atomic E-state index is 0. The van der Waals surface area contributed by atoms with E-state index in [9.17, 15) is 9.90 Å². The SMILES string of the molecule is O=C([O-])CCCCCCCCOc1nc(-c2ccccc2)c(-c2ccccc2)n1-c1ccccc1.[Na+]. The first kappa shape index (κ1) is 27.7. The minimum Gasteiger partial charge on any atom is -0.550 e. The maximum atomic E-state index is 10.5. The minimum atomic E-state index is -0.961. The fraction of sp³-hybridized carbons (Fsp3) is 0.267. The molecule has 0 amide bonds. The van der Waals surface area contributed by atoms with Crippen molar-refractivity contribution in [2.75, 3.05) is 6.61 Å². The predicted molar refractivity (Wildman–Crippen MR) is 137 cm³/mol. The molecule has 5 nitrogen and oxygen atoms in total. The zero-order chi connectivity index (χ0) is 24.3. The number of carbonyl (C=O) groups is 1. The van der Waals surface area contributed by atoms with Crippen molar-refractivity contribution in [1.82, 2.24) is 9.55 Å². The van der Waals surface area contributed by atoms with Crippen molar-refractivity contribution in [2.45, 2.75) is 44.9 Å². The topological polar surface area (TPSA) is 67.2 Å². The molecule has 4 rings (SSSR count). The maximum absolute atomic E-state index is 10.5. The van der Waals surface area contributed by atoms with Crippen molar-refractivity contribution in [2.24, 2.45) is 0 Å². The Kier molecular flexibility index (Phi) is 11.3. The number of imidazole rings is 1. The molecule has 0 fully saturated rings. The van der Waals surface area contributed by atoms with E-state index in [2.05, 4.69) is 41.0 Å². The number of ether oxygens (including phenoxy) is 1. The van der Waals surface area contributed by atoms with Gasteiger partial charge in [-0.2, -0.15) is 4.98 Å². The molecule has 0 saturated heterocycles. The Balaban J connectivity index is 0.00000361. The number of carbonyl (C=O) groups excluding carboxylic acids is 1. The predicted octanol–water partition coefficient (Wildman–Crippen LogP) is 3.07. The van der Waals surface area contributed by atoms with Gasteiger partial charge in [0, 0.05) is 17.1 Å². The van der Waals surface area contributed by atoms with E-state index in [0.717, 1.165) is 60.3 Å². The monoisotopic (exact) mass is 490 g/mol. The third kappa shape index (κ3) is 7.57. The molecule has 1 heterocycles. The van der Waals surface area contributed by atoms with Crippen LogP contribution in [0.25, 0.3) is 28.2 Å². The second kappa shape index (κ2) is 14.6. The number of nitrogens with zero attached hydrogens (tertiary/aromatic N) is 2. The average molecular weight is 491 g/mol. The van der Waals surface area contributed by atoms with Gasteiger partial charge in [-0.15, -0.1) is 0 Å². The van der Waals surface area contributed by atoms with Gasteiger partial charge in [0.1, 0.15) is 5.69 Å². The second-order valence-corrected chi connectivity index (χ2v) is 8.59. The molecule has 0 saturated carbocycles. The van der Waals surface area contributed by atoms with E-state index in [1.807, 2.05) is 54.6 Å². The molecule has 36 heavy (non-hydrogen) atoms. The fourth-order valence-electron chi connectivity index (χ4n) is 4.21. The average Bonchev–Trinajstić information content (AvgIpc) is 3.28. The molecule has 0 spiro atoms. The van der Waals surface area contributed by atoms with Gasteiger partial charge in [0.05, 0.1) is 18.0 Å². The first-order valence-electron chi connectivity index (χ1n) is 12.4. The van der Waals surface area contributed by atoms with Crippen LogP contribution < -0.4 is 39.4 Å². The number of benzene rings is 3. The molecule has 0 N–H and O–H groups in total. The van der Waals surface area contributed by atoms with Crippen molar-refractivity contribution >= 4 is 5.97 Å². The zero-order valence-corrected chi connectivity index (χ0v) is 22.9. The normalized spacial score (nSPS) is 10.6. The van der Waals surface area contributed by atoms with Gasteiger partial charge in [-0.25, -0.2) is 0 Å². The molecule has 0 aliphatic carbocycles. The summed E-state index contributed by atoms with van der Waals surface area (Å²) in [6, 6.07) is 31.3. The van der Waals surface area contributed by atoms with Crippen LogP contribution in [-0.2, 0) is 4.79 Å². The molecule has 0 atom stereocenters. The molecular weight excluding hydrogens is 459 g/mol. The molecule has 0 aliphatic heterocycles. The van der Waals surface area contributed by atoms with Gasteiger partial charge >= 0.3 is 35.6 Å². The summed E-state index contributed by atoms with van der Waals surface area (Å²) < 4.78 is 8.39. The van der Waals surface area contributed by atoms with Crippen LogP contribution in [0.4, 0.5) is 0 Å². The Morgan fingerprint density at radius 3 is 1.86 bits per heavy atom. The molecule has 0 unspecified atom stereocenters. The number of hydrogen-bond acceptors (Lipinski definition) is 4. The quantitative estimate of drug-likeness (QED) is 0.213. The number of hydrogen-bond donors (Lipinski definition) is 0. The van der Waals surface area contributed by atoms with Crippen molar-refractivity contribution in [3.63, 3.8) is 0 Å². The molecule has 3 aromatic carbocycles. The van der Waals surface area contributed by atoms with E-state index in [1.54, 1.807) is 0 Å². The summed E-state index contributed by atoms with van der Waals surface area (Å²) in [6.07, 6.45) is 5.82. The summed E-state index contributed by atoms with van der Waals surface area (Å²) in [7, 11) is 0. The Bertz CT molecular complexity index is 1200. The summed E-state index contributed by atoms with van der Waals surface area (Å²) in [5.41, 5.74) is 5.02. The summed E-state index contributed by atoms with van der Waals surface area (Å²) >= 11 is 0. The number of carboxylic acid groups (broad SMARTS) is 1. The summed E-state index contributed by atoms with van der Waals surface area (Å²) in [4.78, 5) is 15.5. The van der Waals surface area contributed by atoms with Crippen LogP contribution >= 0.6 is 0 Å². The molecule has 1 aromatic heterocycles. The first-order chi connectivity index (χ1) is 17.2. The van der Waals surface area contributed by atoms with Crippen LogP contribution in [0.1, 0.15) is 44.9 Å². The second-order valence-electron chi connectivity index (χ2n) is 8.59. The standard InChI is InChI=1S/C30H32N2O3.Na/c33-27(34)22-14-3-1-2-4-15-23-35-30-31-28(24-16-8-5-9-17-24)29(25-18-10-6-11-19-25)32(30)26-20-12-7-13-21-26;/h5-13,16-21H,1-4,14-15,22-23H2,(H,33,34);/q;+1/p-1. The number of aromatic nitrogens is 2. The van der Waals surface area contributed by atoms with Gasteiger partial charge in [-0.05, 0) is 31.4 Å². The van der Waals surface area contributed by atoms with E-state index >= 15 is 0 Å². The van der Waals surface area contributed by atoms with E-state index in [-0.39, 0.29) is 36.0 Å². The summed E-state index contributed by atoms with van der Waals surface area (Å²) in [6.45, 7) is 0.575. The molecule has 6 heteroatoms. The third-order valence-corrected chi connectivity index (χ3v) is 5.96. The van der Waals surface area contributed by atoms with E-state index in [4.69, 9.17) is 9.72 Å². The Hall–Kier alpha value is -2.86. The van der Waals surface area contributed by atoms with Gasteiger partial charge < -0.3 is 14.6 Å². The van der Waals surface area contributed by atoms with Crippen LogP contribution in [0.5, 0.6) is 6.01 Å². The van der Waals surface area contributed by atoms with Gasteiger partial charge in [0.2, 0.25) is 0 Å². The smallest absolute Gasteiger partial charge is 0.550 e. The van der Waals surface area contributed by atoms with E-state index < -0.39 is 5.97 Å². The number of para-hydroxylation sites is 1. The summed E-state index contributed by atoms with van der Waals surface area (Å²) in [5, 5.41) is 10.5. The van der Waals surface area contributed by atoms with Gasteiger partial charge in [-0.3, -0.25) is 4.57 Å². The Labute approximate surface area is 235 Å². The largest absolute Gasteiger partial charge is 1.00 e. The number of aliphatic carboxylic acids is 1. The summed E-state index contributed by atoms with van der Waals surface area (Å²) in [5.74, 6) is -0.961. The van der Waals surface area contributed by atoms with Crippen molar-refractivity contribution in [1.29, 1.82) is 0 Å². The van der Waals surface area contributed by atoms with E-state index in [0.29, 0.717) is 19.0 Å². The number of rotatable bonds is 13. The Morgan fingerprint density at radius 1 is 0.722 bits per heavy atom. The van der Waals surface area contributed by atoms with Crippen LogP contribution in [0.2, 0.25) is 0 Å². The Morgan fingerprint density at radius 2 is 1.25 bits per heavy atom. The molecule has 0 radical (unpaired) electrons. The molecule has 0 bridgehead atoms. The van der Waals surface area contributed by atoms with Crippen LogP contribution in [0.3, 0.4) is 0 Å². The first-order valence-corrected chi connectivity index (χ1v) is 12.4. The van der Waals surface area contributed by atoms with Gasteiger partial charge in [0.15, 0.2) is 0 Å².